The van der Waals surface area contributed by atoms with Crippen LogP contribution in [0.25, 0.3) is 0 Å². The van der Waals surface area contributed by atoms with Crippen molar-refractivity contribution >= 4 is 11.8 Å². The van der Waals surface area contributed by atoms with Crippen LogP contribution < -0.4 is 5.73 Å². The molecule has 2 unspecified atom stereocenters. The summed E-state index contributed by atoms with van der Waals surface area (Å²) < 4.78 is 0.141. The molecule has 0 fully saturated rings. The molecular weight excluding hydrogens is 398 g/mol. The van der Waals surface area contributed by atoms with E-state index in [1.54, 1.807) is 6.20 Å². The molecule has 32 heavy (non-hydrogen) atoms. The lowest BCUT2D eigenvalue weighted by Crippen LogP contribution is -2.59. The van der Waals surface area contributed by atoms with Crippen molar-refractivity contribution in [3.63, 3.8) is 0 Å². The van der Waals surface area contributed by atoms with Gasteiger partial charge in [0.15, 0.2) is 6.54 Å². The van der Waals surface area contributed by atoms with Gasteiger partial charge in [0.1, 0.15) is 12.4 Å². The van der Waals surface area contributed by atoms with Crippen molar-refractivity contribution in [2.24, 2.45) is 10.7 Å². The van der Waals surface area contributed by atoms with Crippen molar-refractivity contribution in [3.8, 4) is 0 Å². The monoisotopic (exact) mass is 448 g/mol. The minimum atomic E-state index is -0.852. The number of carboxylic acids is 1. The molecule has 0 aliphatic carbocycles. The van der Waals surface area contributed by atoms with Gasteiger partial charge >= 0.3 is 5.97 Å². The molecule has 1 aliphatic heterocycles. The first-order chi connectivity index (χ1) is 15.5. The van der Waals surface area contributed by atoms with Gasteiger partial charge in [-0.05, 0) is 19.3 Å². The molecule has 0 saturated heterocycles. The second-order valence-electron chi connectivity index (χ2n) is 9.46. The summed E-state index contributed by atoms with van der Waals surface area (Å²) in [6, 6.07) is 0. The molecule has 0 amide bonds. The van der Waals surface area contributed by atoms with E-state index in [4.69, 9.17) is 5.73 Å². The number of quaternary nitrogens is 1. The van der Waals surface area contributed by atoms with Crippen molar-refractivity contribution in [2.45, 2.75) is 129 Å². The predicted octanol–water partition coefficient (Wildman–Crippen LogP) is 7.28. The standard InChI is InChI=1S/C27H49N3O2/c1-3-4-5-6-7-8-9-10-11-12-13-14-15-16-17-18-19-20-21-26-29-22-23-30(26,25(2)28)24-27(31)32/h18-19,22-23,25H,3-17,20-21,24,28H2,1-2H3/p+1/b19-18+. The number of amidine groups is 1. The van der Waals surface area contributed by atoms with Gasteiger partial charge in [0, 0.05) is 13.3 Å². The molecule has 0 aromatic rings. The van der Waals surface area contributed by atoms with Crippen molar-refractivity contribution in [3.05, 3.63) is 24.6 Å². The second kappa shape index (κ2) is 18.0. The molecule has 5 nitrogen and oxygen atoms in total. The van der Waals surface area contributed by atoms with Gasteiger partial charge in [0.2, 0.25) is 5.84 Å². The summed E-state index contributed by atoms with van der Waals surface area (Å²) in [6.45, 7) is 4.08. The van der Waals surface area contributed by atoms with Gasteiger partial charge in [-0.15, -0.1) is 0 Å². The maximum absolute atomic E-state index is 11.3. The lowest BCUT2D eigenvalue weighted by atomic mass is 10.0. The van der Waals surface area contributed by atoms with Crippen LogP contribution in [-0.2, 0) is 4.79 Å². The number of allylic oxidation sites excluding steroid dienone is 2. The zero-order chi connectivity index (χ0) is 23.5. The molecule has 184 valence electrons. The molecule has 2 atom stereocenters. The fourth-order valence-corrected chi connectivity index (χ4v) is 4.49. The number of hydrogen-bond acceptors (Lipinski definition) is 3. The number of nitrogens with two attached hydrogens (primary N) is 1. The van der Waals surface area contributed by atoms with Crippen LogP contribution in [0.2, 0.25) is 0 Å². The Morgan fingerprint density at radius 2 is 1.44 bits per heavy atom. The Balaban J connectivity index is 1.98. The average Bonchev–Trinajstić information content (AvgIpc) is 3.16. The zero-order valence-electron chi connectivity index (χ0n) is 20.9. The highest BCUT2D eigenvalue weighted by Crippen LogP contribution is 2.22. The second-order valence-corrected chi connectivity index (χ2v) is 9.46. The number of carboxylic acid groups (broad SMARTS) is 1. The molecule has 1 heterocycles. The number of carbonyl (C=O) groups is 1. The smallest absolute Gasteiger partial charge is 0.360 e. The van der Waals surface area contributed by atoms with Crippen LogP contribution in [0.3, 0.4) is 0 Å². The Bertz CT molecular complexity index is 583. The van der Waals surface area contributed by atoms with Crippen LogP contribution in [0.1, 0.15) is 123 Å². The Hall–Kier alpha value is -1.46. The largest absolute Gasteiger partial charge is 0.477 e. The molecular formula is C27H50N3O2+. The van der Waals surface area contributed by atoms with Gasteiger partial charge in [-0.1, -0.05) is 103 Å². The van der Waals surface area contributed by atoms with E-state index in [2.05, 4.69) is 24.1 Å². The van der Waals surface area contributed by atoms with E-state index >= 15 is 0 Å². The summed E-state index contributed by atoms with van der Waals surface area (Å²) >= 11 is 0. The van der Waals surface area contributed by atoms with Gasteiger partial charge < -0.3 is 5.11 Å². The molecule has 0 bridgehead atoms. The summed E-state index contributed by atoms with van der Waals surface area (Å²) in [7, 11) is 0. The highest BCUT2D eigenvalue weighted by molar-refractivity contribution is 5.81. The molecule has 0 radical (unpaired) electrons. The van der Waals surface area contributed by atoms with Crippen LogP contribution in [-0.4, -0.2) is 34.1 Å². The minimum absolute atomic E-state index is 0.0459. The molecule has 1 aliphatic rings. The predicted molar refractivity (Wildman–Crippen MR) is 136 cm³/mol. The highest BCUT2D eigenvalue weighted by Gasteiger charge is 2.40. The first-order valence-electron chi connectivity index (χ1n) is 13.3. The third kappa shape index (κ3) is 12.0. The normalized spacial score (nSPS) is 19.0. The molecule has 0 aromatic heterocycles. The third-order valence-corrected chi connectivity index (χ3v) is 6.59. The molecule has 1 rings (SSSR count). The first kappa shape index (κ1) is 28.6. The van der Waals surface area contributed by atoms with Crippen LogP contribution in [0, 0.1) is 0 Å². The van der Waals surface area contributed by atoms with E-state index in [0.29, 0.717) is 0 Å². The molecule has 3 N–H and O–H groups in total. The molecule has 0 aromatic carbocycles. The number of aliphatic imine (C=N–C) groups is 1. The van der Waals surface area contributed by atoms with Gasteiger partial charge in [-0.25, -0.2) is 14.3 Å². The van der Waals surface area contributed by atoms with E-state index in [1.807, 2.05) is 13.1 Å². The van der Waals surface area contributed by atoms with Crippen LogP contribution >= 0.6 is 0 Å². The van der Waals surface area contributed by atoms with Crippen molar-refractivity contribution < 1.29 is 14.4 Å². The zero-order valence-corrected chi connectivity index (χ0v) is 20.9. The van der Waals surface area contributed by atoms with Gasteiger partial charge in [0.05, 0.1) is 6.20 Å². The number of rotatable bonds is 21. The maximum Gasteiger partial charge on any atom is 0.360 e. The number of hydrogen-bond donors (Lipinski definition) is 2. The summed E-state index contributed by atoms with van der Waals surface area (Å²) in [5, 5.41) is 9.26. The Morgan fingerprint density at radius 1 is 0.938 bits per heavy atom. The van der Waals surface area contributed by atoms with Crippen LogP contribution in [0.4, 0.5) is 0 Å². The Morgan fingerprint density at radius 3 is 1.94 bits per heavy atom. The van der Waals surface area contributed by atoms with Crippen molar-refractivity contribution in [1.82, 2.24) is 0 Å². The fraction of sp³-hybridized carbons (Fsp3) is 0.778. The molecule has 0 spiro atoms. The van der Waals surface area contributed by atoms with Gasteiger partial charge in [-0.3, -0.25) is 5.73 Å². The van der Waals surface area contributed by atoms with E-state index < -0.39 is 5.97 Å². The molecule has 0 saturated carbocycles. The summed E-state index contributed by atoms with van der Waals surface area (Å²) in [5.41, 5.74) is 6.10. The lowest BCUT2D eigenvalue weighted by molar-refractivity contribution is -0.805. The number of nitrogens with zero attached hydrogens (tertiary/aromatic N) is 2. The Labute approximate surface area is 197 Å². The highest BCUT2D eigenvalue weighted by atomic mass is 16.4. The summed E-state index contributed by atoms with van der Waals surface area (Å²) in [6.07, 6.45) is 29.9. The third-order valence-electron chi connectivity index (χ3n) is 6.59. The average molecular weight is 449 g/mol. The minimum Gasteiger partial charge on any atom is -0.477 e. The van der Waals surface area contributed by atoms with Crippen LogP contribution in [0.15, 0.2) is 29.5 Å². The van der Waals surface area contributed by atoms with E-state index in [9.17, 15) is 9.90 Å². The number of aliphatic carboxylic acids is 1. The van der Waals surface area contributed by atoms with Gasteiger partial charge in [0.25, 0.3) is 0 Å². The van der Waals surface area contributed by atoms with E-state index in [1.165, 1.54) is 89.9 Å². The quantitative estimate of drug-likeness (QED) is 0.110. The van der Waals surface area contributed by atoms with E-state index in [-0.39, 0.29) is 17.2 Å². The van der Waals surface area contributed by atoms with Crippen LogP contribution in [0.5, 0.6) is 0 Å². The molecule has 5 heteroatoms. The lowest BCUT2D eigenvalue weighted by Gasteiger charge is -2.34. The fourth-order valence-electron chi connectivity index (χ4n) is 4.49. The number of unbranched alkanes of at least 4 members (excludes halogenated alkanes) is 14. The Kier molecular flexibility index (Phi) is 16.1. The van der Waals surface area contributed by atoms with Crippen molar-refractivity contribution in [1.29, 1.82) is 0 Å². The SMILES string of the molecule is CCCCCCCCCCCCCCCC/C=C/CCC1=NC=C[N+]1(CC(=O)O)C(C)N. The summed E-state index contributed by atoms with van der Waals surface area (Å²) in [4.78, 5) is 15.7. The topological polar surface area (TPSA) is 75.7 Å². The van der Waals surface area contributed by atoms with Crippen molar-refractivity contribution in [2.75, 3.05) is 6.54 Å². The summed E-state index contributed by atoms with van der Waals surface area (Å²) in [5.74, 6) is -0.00144. The van der Waals surface area contributed by atoms with E-state index in [0.717, 1.165) is 25.1 Å². The first-order valence-corrected chi connectivity index (χ1v) is 13.3. The maximum atomic E-state index is 11.3. The van der Waals surface area contributed by atoms with Gasteiger partial charge in [-0.2, -0.15) is 0 Å².